The van der Waals surface area contributed by atoms with Crippen LogP contribution in [0.25, 0.3) is 0 Å². The van der Waals surface area contributed by atoms with E-state index in [2.05, 4.69) is 10.6 Å². The number of carbonyl (C=O) groups excluding carboxylic acids is 2. The van der Waals surface area contributed by atoms with Crippen molar-refractivity contribution in [3.8, 4) is 0 Å². The number of halogens is 1. The molecule has 4 aliphatic carbocycles. The fourth-order valence-corrected chi connectivity index (χ4v) is 6.36. The topological polar surface area (TPSA) is 61.4 Å². The molecule has 0 radical (unpaired) electrons. The number of carbonyl (C=O) groups is 2. The molecule has 0 spiro atoms. The molecule has 5 rings (SSSR count). The van der Waals surface area contributed by atoms with Crippen LogP contribution in [0.3, 0.4) is 0 Å². The predicted molar refractivity (Wildman–Crippen MR) is 114 cm³/mol. The van der Waals surface area contributed by atoms with Crippen molar-refractivity contribution in [1.82, 2.24) is 15.5 Å². The fraction of sp³-hybridized carbons (Fsp3) is 0.667. The number of nitrogens with one attached hydrogen (secondary N) is 2. The molecule has 2 amide bonds. The van der Waals surface area contributed by atoms with Crippen molar-refractivity contribution in [3.63, 3.8) is 0 Å². The van der Waals surface area contributed by atoms with Gasteiger partial charge in [0.2, 0.25) is 11.8 Å². The summed E-state index contributed by atoms with van der Waals surface area (Å²) >= 11 is 0. The highest BCUT2D eigenvalue weighted by Gasteiger charge is 2.51. The van der Waals surface area contributed by atoms with Crippen molar-refractivity contribution in [2.24, 2.45) is 17.8 Å². The molecule has 1 unspecified atom stereocenters. The number of amides is 2. The number of nitrogens with zero attached hydrogens (tertiary/aromatic N) is 1. The van der Waals surface area contributed by atoms with E-state index >= 15 is 0 Å². The molecule has 0 saturated heterocycles. The Bertz CT molecular complexity index is 744. The maximum absolute atomic E-state index is 13.1. The maximum Gasteiger partial charge on any atom is 0.237 e. The van der Waals surface area contributed by atoms with Crippen molar-refractivity contribution in [1.29, 1.82) is 0 Å². The van der Waals surface area contributed by atoms with Crippen LogP contribution in [0.4, 0.5) is 4.39 Å². The molecule has 4 saturated carbocycles. The fourth-order valence-electron chi connectivity index (χ4n) is 6.36. The van der Waals surface area contributed by atoms with Gasteiger partial charge < -0.3 is 10.6 Å². The molecule has 1 atom stereocenters. The molecular formula is C24H34FN3O2. The van der Waals surface area contributed by atoms with Gasteiger partial charge in [-0.3, -0.25) is 14.5 Å². The third-order valence-corrected chi connectivity index (χ3v) is 7.51. The molecule has 4 fully saturated rings. The van der Waals surface area contributed by atoms with E-state index in [1.54, 1.807) is 12.1 Å². The van der Waals surface area contributed by atoms with Crippen LogP contribution in [0.5, 0.6) is 0 Å². The van der Waals surface area contributed by atoms with Gasteiger partial charge in [0.15, 0.2) is 0 Å². The van der Waals surface area contributed by atoms with Crippen LogP contribution >= 0.6 is 0 Å². The van der Waals surface area contributed by atoms with E-state index in [9.17, 15) is 14.0 Å². The van der Waals surface area contributed by atoms with Crippen molar-refractivity contribution in [2.45, 2.75) is 70.5 Å². The summed E-state index contributed by atoms with van der Waals surface area (Å²) in [6, 6.07) is 5.75. The van der Waals surface area contributed by atoms with E-state index in [1.165, 1.54) is 31.4 Å². The summed E-state index contributed by atoms with van der Waals surface area (Å²) in [6.45, 7) is 5.02. The molecule has 0 heterocycles. The minimum atomic E-state index is -0.348. The van der Waals surface area contributed by atoms with Gasteiger partial charge in [-0.1, -0.05) is 19.1 Å². The van der Waals surface area contributed by atoms with Gasteiger partial charge in [0.05, 0.1) is 12.6 Å². The van der Waals surface area contributed by atoms with Crippen molar-refractivity contribution in [2.75, 3.05) is 13.1 Å². The Morgan fingerprint density at radius 3 is 2.20 bits per heavy atom. The van der Waals surface area contributed by atoms with Gasteiger partial charge >= 0.3 is 0 Å². The lowest BCUT2D eigenvalue weighted by Gasteiger charge is -2.57. The first-order valence-corrected chi connectivity index (χ1v) is 11.4. The first-order valence-electron chi connectivity index (χ1n) is 11.4. The molecule has 0 aromatic heterocycles. The molecule has 5 nitrogen and oxygen atoms in total. The summed E-state index contributed by atoms with van der Waals surface area (Å²) in [5.41, 5.74) is 0.838. The van der Waals surface area contributed by atoms with Crippen LogP contribution in [-0.4, -0.2) is 41.4 Å². The average Bonchev–Trinajstić information content (AvgIpc) is 2.69. The van der Waals surface area contributed by atoms with Gasteiger partial charge in [-0.15, -0.1) is 0 Å². The lowest BCUT2D eigenvalue weighted by atomic mass is 9.53. The summed E-state index contributed by atoms with van der Waals surface area (Å²) in [6.07, 6.45) is 7.42. The van der Waals surface area contributed by atoms with Crippen LogP contribution < -0.4 is 10.6 Å². The molecular weight excluding hydrogens is 381 g/mol. The van der Waals surface area contributed by atoms with E-state index in [0.717, 1.165) is 42.6 Å². The highest BCUT2D eigenvalue weighted by atomic mass is 19.1. The zero-order valence-electron chi connectivity index (χ0n) is 18.1. The Labute approximate surface area is 178 Å². The van der Waals surface area contributed by atoms with Crippen molar-refractivity contribution < 1.29 is 14.0 Å². The smallest absolute Gasteiger partial charge is 0.237 e. The Balaban J connectivity index is 1.29. The Morgan fingerprint density at radius 1 is 1.10 bits per heavy atom. The zero-order valence-corrected chi connectivity index (χ0v) is 18.1. The number of likely N-dealkylation sites (N-methyl/N-ethyl adjacent to an activating group) is 1. The summed E-state index contributed by atoms with van der Waals surface area (Å²) in [5, 5.41) is 6.30. The van der Waals surface area contributed by atoms with Crippen LogP contribution in [0.2, 0.25) is 0 Å². The highest BCUT2D eigenvalue weighted by Crippen LogP contribution is 2.55. The van der Waals surface area contributed by atoms with E-state index in [4.69, 9.17) is 0 Å². The van der Waals surface area contributed by atoms with E-state index in [0.29, 0.717) is 13.1 Å². The number of hydrogen-bond donors (Lipinski definition) is 2. The normalized spacial score (nSPS) is 30.3. The SMILES string of the molecule is CCN(CC(=O)NCc1ccc(F)cc1)C(C)C(=O)NC12CC3CC(CC(C3)C1)C2. The summed E-state index contributed by atoms with van der Waals surface area (Å²) in [5.74, 6) is 1.98. The number of rotatable bonds is 8. The molecule has 2 N–H and O–H groups in total. The molecule has 1 aromatic carbocycles. The lowest BCUT2D eigenvalue weighted by molar-refractivity contribution is -0.133. The van der Waals surface area contributed by atoms with E-state index in [1.807, 2.05) is 18.7 Å². The standard InChI is InChI=1S/C24H34FN3O2/c1-3-28(15-22(29)26-14-17-4-6-21(25)7-5-17)16(2)23(30)27-24-11-18-8-19(12-24)10-20(9-18)13-24/h4-7,16,18-20H,3,8-15H2,1-2H3,(H,26,29)(H,27,30). The molecule has 6 heteroatoms. The van der Waals surface area contributed by atoms with Crippen LogP contribution in [-0.2, 0) is 16.1 Å². The van der Waals surface area contributed by atoms with E-state index in [-0.39, 0.29) is 35.8 Å². The second-order valence-electron chi connectivity index (χ2n) is 9.83. The largest absolute Gasteiger partial charge is 0.351 e. The minimum Gasteiger partial charge on any atom is -0.351 e. The number of benzene rings is 1. The minimum absolute atomic E-state index is 0.00958. The van der Waals surface area contributed by atoms with Crippen LogP contribution in [0.1, 0.15) is 57.9 Å². The van der Waals surface area contributed by atoms with Gasteiger partial charge in [0, 0.05) is 12.1 Å². The first-order chi connectivity index (χ1) is 14.4. The molecule has 0 aliphatic heterocycles. The molecule has 4 bridgehead atoms. The Morgan fingerprint density at radius 2 is 1.67 bits per heavy atom. The average molecular weight is 416 g/mol. The van der Waals surface area contributed by atoms with Crippen molar-refractivity contribution in [3.05, 3.63) is 35.6 Å². The second kappa shape index (κ2) is 8.66. The van der Waals surface area contributed by atoms with Gasteiger partial charge in [-0.05, 0) is 87.4 Å². The van der Waals surface area contributed by atoms with Gasteiger partial charge in [0.1, 0.15) is 5.82 Å². The van der Waals surface area contributed by atoms with Gasteiger partial charge in [-0.2, -0.15) is 0 Å². The predicted octanol–water partition coefficient (Wildman–Crippen LogP) is 3.24. The molecule has 30 heavy (non-hydrogen) atoms. The van der Waals surface area contributed by atoms with Gasteiger partial charge in [-0.25, -0.2) is 4.39 Å². The monoisotopic (exact) mass is 415 g/mol. The molecule has 4 aliphatic rings. The summed E-state index contributed by atoms with van der Waals surface area (Å²) < 4.78 is 13.0. The molecule has 1 aromatic rings. The third kappa shape index (κ3) is 4.69. The quantitative estimate of drug-likeness (QED) is 0.685. The number of hydrogen-bond acceptors (Lipinski definition) is 3. The summed E-state index contributed by atoms with van der Waals surface area (Å²) in [7, 11) is 0. The second-order valence-corrected chi connectivity index (χ2v) is 9.83. The lowest BCUT2D eigenvalue weighted by Crippen LogP contribution is -2.62. The summed E-state index contributed by atoms with van der Waals surface area (Å²) in [4.78, 5) is 27.4. The van der Waals surface area contributed by atoms with Crippen LogP contribution in [0, 0.1) is 23.6 Å². The molecule has 164 valence electrons. The Hall–Kier alpha value is -1.95. The maximum atomic E-state index is 13.1. The van der Waals surface area contributed by atoms with Crippen LogP contribution in [0.15, 0.2) is 24.3 Å². The van der Waals surface area contributed by atoms with E-state index < -0.39 is 0 Å². The Kier molecular flexibility index (Phi) is 6.14. The van der Waals surface area contributed by atoms with Crippen molar-refractivity contribution >= 4 is 11.8 Å². The first kappa shape index (κ1) is 21.3. The highest BCUT2D eigenvalue weighted by molar-refractivity contribution is 5.84. The zero-order chi connectivity index (χ0) is 21.3. The van der Waals surface area contributed by atoms with Gasteiger partial charge in [0.25, 0.3) is 0 Å². The third-order valence-electron chi connectivity index (χ3n) is 7.51.